The van der Waals surface area contributed by atoms with Gasteiger partial charge in [-0.1, -0.05) is 23.4 Å². The maximum Gasteiger partial charge on any atom is 0.415 e. The second-order valence-electron chi connectivity index (χ2n) is 7.97. The molecule has 1 fully saturated rings. The molecule has 1 aliphatic rings. The highest BCUT2D eigenvalue weighted by atomic mass is 16.6. The van der Waals surface area contributed by atoms with Crippen molar-refractivity contribution < 1.29 is 14.1 Å². The van der Waals surface area contributed by atoms with Crippen LogP contribution in [0.25, 0.3) is 0 Å². The van der Waals surface area contributed by atoms with Crippen molar-refractivity contribution >= 4 is 6.09 Å². The van der Waals surface area contributed by atoms with E-state index in [9.17, 15) is 4.79 Å². The van der Waals surface area contributed by atoms with E-state index in [4.69, 9.17) is 9.26 Å². The van der Waals surface area contributed by atoms with Crippen molar-refractivity contribution in [3.05, 3.63) is 76.9 Å². The van der Waals surface area contributed by atoms with Crippen molar-refractivity contribution in [3.63, 3.8) is 0 Å². The van der Waals surface area contributed by atoms with Gasteiger partial charge in [-0.25, -0.2) is 4.79 Å². The summed E-state index contributed by atoms with van der Waals surface area (Å²) in [6, 6.07) is 13.6. The maximum absolute atomic E-state index is 12.5. The summed E-state index contributed by atoms with van der Waals surface area (Å²) in [6.45, 7) is 7.85. The van der Waals surface area contributed by atoms with Crippen LogP contribution >= 0.6 is 0 Å². The van der Waals surface area contributed by atoms with E-state index in [1.165, 1.54) is 5.56 Å². The fourth-order valence-electron chi connectivity index (χ4n) is 3.69. The van der Waals surface area contributed by atoms with E-state index in [0.717, 1.165) is 55.2 Å². The summed E-state index contributed by atoms with van der Waals surface area (Å²) in [6.07, 6.45) is 3.11. The smallest absolute Gasteiger partial charge is 0.410 e. The van der Waals surface area contributed by atoms with Crippen molar-refractivity contribution in [3.8, 4) is 5.75 Å². The van der Waals surface area contributed by atoms with Gasteiger partial charge in [0.1, 0.15) is 11.5 Å². The molecule has 4 rings (SSSR count). The van der Waals surface area contributed by atoms with Gasteiger partial charge in [-0.2, -0.15) is 0 Å². The van der Waals surface area contributed by atoms with Gasteiger partial charge in [0.15, 0.2) is 0 Å². The van der Waals surface area contributed by atoms with Gasteiger partial charge in [-0.15, -0.1) is 0 Å². The molecule has 31 heavy (non-hydrogen) atoms. The summed E-state index contributed by atoms with van der Waals surface area (Å²) in [7, 11) is 0. The molecule has 162 valence electrons. The van der Waals surface area contributed by atoms with Gasteiger partial charge in [0.05, 0.1) is 5.69 Å². The first-order valence-corrected chi connectivity index (χ1v) is 10.7. The van der Waals surface area contributed by atoms with Crippen LogP contribution in [-0.2, 0) is 12.8 Å². The highest BCUT2D eigenvalue weighted by molar-refractivity contribution is 5.70. The highest BCUT2D eigenvalue weighted by Gasteiger charge is 2.22. The molecule has 1 aliphatic heterocycles. The van der Waals surface area contributed by atoms with E-state index in [1.54, 1.807) is 4.90 Å². The number of aryl methyl sites for hydroxylation is 2. The molecule has 2 aromatic heterocycles. The third kappa shape index (κ3) is 5.70. The zero-order valence-electron chi connectivity index (χ0n) is 18.1. The van der Waals surface area contributed by atoms with Crippen LogP contribution in [0, 0.1) is 13.8 Å². The lowest BCUT2D eigenvalue weighted by molar-refractivity contribution is 0.110. The van der Waals surface area contributed by atoms with Crippen LogP contribution in [0.2, 0.25) is 0 Å². The van der Waals surface area contributed by atoms with E-state index < -0.39 is 0 Å². The molecule has 1 amide bonds. The van der Waals surface area contributed by atoms with Gasteiger partial charge in [-0.05, 0) is 43.2 Å². The number of pyridine rings is 1. The molecule has 3 heterocycles. The van der Waals surface area contributed by atoms with Crippen LogP contribution < -0.4 is 4.74 Å². The molecule has 0 atom stereocenters. The minimum absolute atomic E-state index is 0.293. The molecule has 0 spiro atoms. The molecule has 3 aromatic rings. The van der Waals surface area contributed by atoms with E-state index in [1.807, 2.05) is 49.5 Å². The molecule has 0 aliphatic carbocycles. The predicted octanol–water partition coefficient (Wildman–Crippen LogP) is 3.64. The Morgan fingerprint density at radius 3 is 2.55 bits per heavy atom. The first kappa shape index (κ1) is 21.1. The van der Waals surface area contributed by atoms with Gasteiger partial charge in [0, 0.05) is 63.5 Å². The summed E-state index contributed by atoms with van der Waals surface area (Å²) in [5.74, 6) is 1.47. The number of piperazine rings is 1. The van der Waals surface area contributed by atoms with Gasteiger partial charge in [0.25, 0.3) is 0 Å². The molecular weight excluding hydrogens is 392 g/mol. The Balaban J connectivity index is 1.23. The average Bonchev–Trinajstić information content (AvgIpc) is 3.21. The Morgan fingerprint density at radius 1 is 1.10 bits per heavy atom. The molecule has 7 nitrogen and oxygen atoms in total. The molecule has 1 aromatic carbocycles. The fourth-order valence-corrected chi connectivity index (χ4v) is 3.69. The van der Waals surface area contributed by atoms with E-state index >= 15 is 0 Å². The van der Waals surface area contributed by atoms with Crippen molar-refractivity contribution in [2.75, 3.05) is 32.7 Å². The highest BCUT2D eigenvalue weighted by Crippen LogP contribution is 2.17. The number of rotatable bonds is 6. The predicted molar refractivity (Wildman–Crippen MR) is 117 cm³/mol. The second kappa shape index (κ2) is 9.75. The Kier molecular flexibility index (Phi) is 6.62. The minimum Gasteiger partial charge on any atom is -0.410 e. The van der Waals surface area contributed by atoms with Crippen molar-refractivity contribution in [2.45, 2.75) is 26.7 Å². The number of amides is 1. The Morgan fingerprint density at radius 2 is 1.87 bits per heavy atom. The lowest BCUT2D eigenvalue weighted by Gasteiger charge is -2.33. The van der Waals surface area contributed by atoms with Crippen molar-refractivity contribution in [1.29, 1.82) is 0 Å². The van der Waals surface area contributed by atoms with Crippen LogP contribution in [0.4, 0.5) is 4.79 Å². The number of carbonyl (C=O) groups excluding carboxylic acids is 1. The SMILES string of the molecule is Cc1cc(CCN2CCN(C(=O)Oc3ccc(Cc4ncccc4C)cc3)CC2)on1. The Hall–Kier alpha value is -3.19. The molecular formula is C24H28N4O3. The topological polar surface area (TPSA) is 71.7 Å². The minimum atomic E-state index is -0.293. The summed E-state index contributed by atoms with van der Waals surface area (Å²) >= 11 is 0. The van der Waals surface area contributed by atoms with Gasteiger partial charge in [-0.3, -0.25) is 9.88 Å². The zero-order chi connectivity index (χ0) is 21.6. The molecule has 0 radical (unpaired) electrons. The molecule has 1 saturated heterocycles. The molecule has 0 unspecified atom stereocenters. The summed E-state index contributed by atoms with van der Waals surface area (Å²) in [5, 5.41) is 3.92. The van der Waals surface area contributed by atoms with Crippen LogP contribution in [0.1, 0.15) is 28.3 Å². The first-order valence-electron chi connectivity index (χ1n) is 10.7. The molecule has 0 bridgehead atoms. The number of hydrogen-bond donors (Lipinski definition) is 0. The largest absolute Gasteiger partial charge is 0.415 e. The molecule has 7 heteroatoms. The standard InChI is InChI=1S/C24H28N4O3/c1-18-4-3-10-25-23(18)17-20-5-7-21(8-6-20)30-24(29)28-14-12-27(13-15-28)11-9-22-16-19(2)26-31-22/h3-8,10,16H,9,11-15,17H2,1-2H3. The summed E-state index contributed by atoms with van der Waals surface area (Å²) in [5.41, 5.74) is 4.27. The van der Waals surface area contributed by atoms with E-state index in [2.05, 4.69) is 28.0 Å². The van der Waals surface area contributed by atoms with Crippen LogP contribution in [0.3, 0.4) is 0 Å². The number of aromatic nitrogens is 2. The third-order valence-corrected chi connectivity index (χ3v) is 5.60. The van der Waals surface area contributed by atoms with Crippen molar-refractivity contribution in [1.82, 2.24) is 19.9 Å². The van der Waals surface area contributed by atoms with E-state index in [0.29, 0.717) is 18.8 Å². The summed E-state index contributed by atoms with van der Waals surface area (Å²) < 4.78 is 10.8. The van der Waals surface area contributed by atoms with Crippen LogP contribution in [0.15, 0.2) is 53.2 Å². The zero-order valence-corrected chi connectivity index (χ0v) is 18.1. The number of carbonyl (C=O) groups is 1. The lowest BCUT2D eigenvalue weighted by atomic mass is 10.1. The average molecular weight is 421 g/mol. The number of ether oxygens (including phenoxy) is 1. The normalized spacial score (nSPS) is 14.6. The van der Waals surface area contributed by atoms with Crippen LogP contribution in [-0.4, -0.2) is 58.8 Å². The Labute approximate surface area is 182 Å². The fraction of sp³-hybridized carbons (Fsp3) is 0.375. The summed E-state index contributed by atoms with van der Waals surface area (Å²) in [4.78, 5) is 21.1. The quantitative estimate of drug-likeness (QED) is 0.606. The number of benzene rings is 1. The number of nitrogens with zero attached hydrogens (tertiary/aromatic N) is 4. The number of hydrogen-bond acceptors (Lipinski definition) is 6. The van der Waals surface area contributed by atoms with Crippen LogP contribution in [0.5, 0.6) is 5.75 Å². The molecule has 0 N–H and O–H groups in total. The Bertz CT molecular complexity index is 1010. The van der Waals surface area contributed by atoms with Gasteiger partial charge < -0.3 is 14.2 Å². The molecule has 0 saturated carbocycles. The maximum atomic E-state index is 12.5. The van der Waals surface area contributed by atoms with Gasteiger partial charge >= 0.3 is 6.09 Å². The first-order chi connectivity index (χ1) is 15.1. The monoisotopic (exact) mass is 420 g/mol. The second-order valence-corrected chi connectivity index (χ2v) is 7.97. The van der Waals surface area contributed by atoms with E-state index in [-0.39, 0.29) is 6.09 Å². The third-order valence-electron chi connectivity index (χ3n) is 5.60. The van der Waals surface area contributed by atoms with Gasteiger partial charge in [0.2, 0.25) is 0 Å². The van der Waals surface area contributed by atoms with Crippen molar-refractivity contribution in [2.24, 2.45) is 0 Å². The lowest BCUT2D eigenvalue weighted by Crippen LogP contribution is -2.49.